The number of likely N-dealkylation sites (tertiary alicyclic amines) is 1. The third-order valence-corrected chi connectivity index (χ3v) is 8.96. The number of aryl methyl sites for hydroxylation is 1. The van der Waals surface area contributed by atoms with Gasteiger partial charge < -0.3 is 15.0 Å². The molecule has 230 valence electrons. The van der Waals surface area contributed by atoms with Crippen molar-refractivity contribution in [1.82, 2.24) is 29.8 Å². The number of nitrogens with zero attached hydrogens (tertiary/aromatic N) is 5. The number of carbonyl (C=O) groups excluding carboxylic acids is 1. The van der Waals surface area contributed by atoms with E-state index < -0.39 is 0 Å². The van der Waals surface area contributed by atoms with Crippen LogP contribution in [0, 0.1) is 12.8 Å². The molecular formula is C35H43N7O2. The zero-order valence-electron chi connectivity index (χ0n) is 26.0. The van der Waals surface area contributed by atoms with Crippen LogP contribution in [0.1, 0.15) is 48.3 Å². The molecule has 2 amide bonds. The van der Waals surface area contributed by atoms with E-state index in [-0.39, 0.29) is 11.9 Å². The molecule has 0 radical (unpaired) electrons. The summed E-state index contributed by atoms with van der Waals surface area (Å²) in [5.41, 5.74) is 7.61. The molecule has 0 spiro atoms. The first-order chi connectivity index (χ1) is 21.5. The summed E-state index contributed by atoms with van der Waals surface area (Å²) in [6.45, 7) is 6.00. The summed E-state index contributed by atoms with van der Waals surface area (Å²) in [7, 11) is 3.63. The van der Waals surface area contributed by atoms with E-state index in [1.807, 2.05) is 50.5 Å². The van der Waals surface area contributed by atoms with Crippen LogP contribution in [0.3, 0.4) is 0 Å². The number of anilines is 1. The van der Waals surface area contributed by atoms with Gasteiger partial charge in [-0.25, -0.2) is 9.48 Å². The highest BCUT2D eigenvalue weighted by Gasteiger charge is 2.34. The van der Waals surface area contributed by atoms with Gasteiger partial charge in [0.2, 0.25) is 0 Å². The van der Waals surface area contributed by atoms with Crippen molar-refractivity contribution < 1.29 is 9.53 Å². The number of hydrogen-bond donors (Lipinski definition) is 2. The summed E-state index contributed by atoms with van der Waals surface area (Å²) in [5, 5.41) is 15.6. The topological polar surface area (TPSA) is 89.2 Å². The molecule has 4 aromatic rings. The van der Waals surface area contributed by atoms with E-state index in [2.05, 4.69) is 51.0 Å². The van der Waals surface area contributed by atoms with Crippen LogP contribution in [0.15, 0.2) is 73.1 Å². The molecule has 2 aliphatic rings. The van der Waals surface area contributed by atoms with Crippen molar-refractivity contribution >= 4 is 17.4 Å². The maximum Gasteiger partial charge on any atom is 0.320 e. The fourth-order valence-corrected chi connectivity index (χ4v) is 6.61. The fourth-order valence-electron chi connectivity index (χ4n) is 6.61. The number of hydrogen-bond acceptors (Lipinski definition) is 5. The normalized spacial score (nSPS) is 18.8. The van der Waals surface area contributed by atoms with Crippen LogP contribution < -0.4 is 10.6 Å². The first kappa shape index (κ1) is 29.8. The summed E-state index contributed by atoms with van der Waals surface area (Å²) >= 11 is 0. The van der Waals surface area contributed by atoms with Crippen LogP contribution in [0.4, 0.5) is 10.6 Å². The second-order valence-corrected chi connectivity index (χ2v) is 12.0. The number of amides is 2. The van der Waals surface area contributed by atoms with Crippen molar-refractivity contribution in [2.24, 2.45) is 13.0 Å². The number of benzene rings is 2. The average Bonchev–Trinajstić information content (AvgIpc) is 3.77. The number of methoxy groups -OCH3 is 1. The highest BCUT2D eigenvalue weighted by atomic mass is 16.5. The zero-order valence-corrected chi connectivity index (χ0v) is 26.0. The molecule has 1 unspecified atom stereocenters. The highest BCUT2D eigenvalue weighted by molar-refractivity contribution is 5.90. The van der Waals surface area contributed by atoms with Gasteiger partial charge >= 0.3 is 6.03 Å². The van der Waals surface area contributed by atoms with Gasteiger partial charge in [0.15, 0.2) is 0 Å². The van der Waals surface area contributed by atoms with Crippen molar-refractivity contribution in [2.75, 3.05) is 45.2 Å². The summed E-state index contributed by atoms with van der Waals surface area (Å²) in [5.74, 6) is 1.25. The van der Waals surface area contributed by atoms with Gasteiger partial charge in [-0.15, -0.1) is 0 Å². The van der Waals surface area contributed by atoms with E-state index in [0.29, 0.717) is 24.9 Å². The maximum atomic E-state index is 13.5. The number of allylic oxidation sites excluding steroid dienone is 2. The smallest absolute Gasteiger partial charge is 0.320 e. The molecule has 9 nitrogen and oxygen atoms in total. The standard InChI is InChI=1S/C35H43N7O2/c1-25-33(30-21-37-40(2)22-30)39-42(31-15-8-5-9-16-31)34(25)38-35(43)36-20-29-23-41(17-18-44-3)24-32(29)28-14-10-13-27(19-28)26-11-6-4-7-12-26/h5,8-11,13-16,19,21-22,29,32H,4,6-7,12,17-18,20,23-24H2,1-3H3,(H2,36,38,43)/t29?,32-/m0/s1. The summed E-state index contributed by atoms with van der Waals surface area (Å²) in [6.07, 6.45) is 11.0. The number of ether oxygens (including phenoxy) is 1. The third-order valence-electron chi connectivity index (χ3n) is 8.96. The molecule has 2 aromatic heterocycles. The summed E-state index contributed by atoms with van der Waals surface area (Å²) in [4.78, 5) is 15.9. The lowest BCUT2D eigenvalue weighted by molar-refractivity contribution is 0.158. The minimum atomic E-state index is -0.238. The van der Waals surface area contributed by atoms with E-state index in [0.717, 1.165) is 48.6 Å². The number of carbonyl (C=O) groups is 1. The number of urea groups is 1. The molecule has 6 rings (SSSR count). The Hall–Kier alpha value is -4.21. The van der Waals surface area contributed by atoms with Crippen LogP contribution in [0.25, 0.3) is 22.5 Å². The predicted octanol–water partition coefficient (Wildman–Crippen LogP) is 6.02. The fraction of sp³-hybridized carbons (Fsp3) is 0.400. The predicted molar refractivity (Wildman–Crippen MR) is 175 cm³/mol. The Balaban J connectivity index is 1.20. The molecular weight excluding hydrogens is 550 g/mol. The minimum absolute atomic E-state index is 0.238. The molecule has 2 N–H and O–H groups in total. The van der Waals surface area contributed by atoms with Crippen molar-refractivity contribution in [2.45, 2.75) is 38.5 Å². The van der Waals surface area contributed by atoms with Crippen molar-refractivity contribution in [3.05, 3.63) is 89.8 Å². The lowest BCUT2D eigenvalue weighted by Crippen LogP contribution is -2.36. The lowest BCUT2D eigenvalue weighted by atomic mass is 9.86. The zero-order chi connectivity index (χ0) is 30.5. The van der Waals surface area contributed by atoms with Crippen LogP contribution in [0.2, 0.25) is 0 Å². The Morgan fingerprint density at radius 3 is 2.68 bits per heavy atom. The van der Waals surface area contributed by atoms with Crippen molar-refractivity contribution in [3.63, 3.8) is 0 Å². The molecule has 0 bridgehead atoms. The Morgan fingerprint density at radius 1 is 1.07 bits per heavy atom. The van der Waals surface area contributed by atoms with Gasteiger partial charge in [-0.2, -0.15) is 10.2 Å². The number of rotatable bonds is 10. The average molecular weight is 594 g/mol. The highest BCUT2D eigenvalue weighted by Crippen LogP contribution is 2.35. The van der Waals surface area contributed by atoms with Crippen LogP contribution in [-0.2, 0) is 11.8 Å². The number of aromatic nitrogens is 4. The third kappa shape index (κ3) is 6.64. The largest absolute Gasteiger partial charge is 0.383 e. The van der Waals surface area contributed by atoms with Crippen molar-refractivity contribution in [1.29, 1.82) is 0 Å². The molecule has 9 heteroatoms. The number of para-hydroxylation sites is 1. The molecule has 2 aromatic carbocycles. The monoisotopic (exact) mass is 593 g/mol. The first-order valence-corrected chi connectivity index (χ1v) is 15.7. The number of nitrogens with one attached hydrogen (secondary N) is 2. The molecule has 1 aliphatic carbocycles. The Kier molecular flexibility index (Phi) is 9.23. The second kappa shape index (κ2) is 13.6. The lowest BCUT2D eigenvalue weighted by Gasteiger charge is -2.21. The van der Waals surface area contributed by atoms with Crippen molar-refractivity contribution in [3.8, 4) is 16.9 Å². The molecule has 44 heavy (non-hydrogen) atoms. The van der Waals surface area contributed by atoms with Gasteiger partial charge in [-0.3, -0.25) is 10.00 Å². The van der Waals surface area contributed by atoms with E-state index in [1.165, 1.54) is 36.0 Å². The maximum absolute atomic E-state index is 13.5. The molecule has 1 aliphatic heterocycles. The van der Waals surface area contributed by atoms with Gasteiger partial charge in [-0.1, -0.05) is 48.5 Å². The Labute approximate surface area is 259 Å². The van der Waals surface area contributed by atoms with Gasteiger partial charge in [0.1, 0.15) is 11.5 Å². The van der Waals surface area contributed by atoms with Crippen LogP contribution in [-0.4, -0.2) is 70.4 Å². The van der Waals surface area contributed by atoms with E-state index in [1.54, 1.807) is 22.7 Å². The van der Waals surface area contributed by atoms with E-state index in [9.17, 15) is 4.79 Å². The van der Waals surface area contributed by atoms with Gasteiger partial charge in [0.05, 0.1) is 18.5 Å². The van der Waals surface area contributed by atoms with Gasteiger partial charge in [-0.05, 0) is 67.4 Å². The van der Waals surface area contributed by atoms with Crippen LogP contribution >= 0.6 is 0 Å². The molecule has 3 heterocycles. The quantitative estimate of drug-likeness (QED) is 0.235. The van der Waals surface area contributed by atoms with Gasteiger partial charge in [0.25, 0.3) is 0 Å². The molecule has 0 saturated carbocycles. The minimum Gasteiger partial charge on any atom is -0.383 e. The second-order valence-electron chi connectivity index (χ2n) is 12.0. The Bertz CT molecular complexity index is 1610. The van der Waals surface area contributed by atoms with E-state index >= 15 is 0 Å². The SMILES string of the molecule is COCCN1CC(CNC(=O)Nc2c(C)c(-c3cnn(C)c3)nn2-c2ccccc2)[C@H](c2cccc(C3=CCCCC3)c2)C1. The molecule has 1 saturated heterocycles. The summed E-state index contributed by atoms with van der Waals surface area (Å²) < 4.78 is 8.95. The first-order valence-electron chi connectivity index (χ1n) is 15.7. The molecule has 2 atom stereocenters. The molecule has 1 fully saturated rings. The van der Waals surface area contributed by atoms with Gasteiger partial charge in [0, 0.05) is 63.6 Å². The Morgan fingerprint density at radius 2 is 1.93 bits per heavy atom. The van der Waals surface area contributed by atoms with E-state index in [4.69, 9.17) is 9.84 Å². The summed E-state index contributed by atoms with van der Waals surface area (Å²) in [6, 6.07) is 18.7. The van der Waals surface area contributed by atoms with Crippen LogP contribution in [0.5, 0.6) is 0 Å².